The number of nitrogens with zero attached hydrogens (tertiary/aromatic N) is 2. The molecule has 2 amide bonds. The van der Waals surface area contributed by atoms with Crippen LogP contribution in [0.25, 0.3) is 0 Å². The summed E-state index contributed by atoms with van der Waals surface area (Å²) in [5.74, 6) is -0.779. The lowest BCUT2D eigenvalue weighted by atomic mass is 10.1. The zero-order valence-electron chi connectivity index (χ0n) is 13.7. The van der Waals surface area contributed by atoms with E-state index in [0.29, 0.717) is 32.8 Å². The highest BCUT2D eigenvalue weighted by Crippen LogP contribution is 2.19. The second-order valence-electron chi connectivity index (χ2n) is 5.50. The highest BCUT2D eigenvalue weighted by Gasteiger charge is 2.26. The van der Waals surface area contributed by atoms with Crippen LogP contribution in [0.1, 0.15) is 30.1 Å². The highest BCUT2D eigenvalue weighted by molar-refractivity contribution is 5.97. The van der Waals surface area contributed by atoms with Crippen molar-refractivity contribution < 1.29 is 24.2 Å². The van der Waals surface area contributed by atoms with E-state index >= 15 is 0 Å². The van der Waals surface area contributed by atoms with Gasteiger partial charge in [0.25, 0.3) is 5.91 Å². The van der Waals surface area contributed by atoms with Crippen LogP contribution in [0.4, 0.5) is 0 Å². The third-order valence-electron chi connectivity index (χ3n) is 3.90. The molecule has 1 N–H and O–H groups in total. The maximum absolute atomic E-state index is 12.4. The average molecular weight is 334 g/mol. The van der Waals surface area contributed by atoms with Crippen molar-refractivity contribution in [2.24, 2.45) is 0 Å². The van der Waals surface area contributed by atoms with Gasteiger partial charge in [-0.1, -0.05) is 12.1 Å². The van der Waals surface area contributed by atoms with Crippen molar-refractivity contribution in [1.82, 2.24) is 9.80 Å². The Labute approximate surface area is 140 Å². The maximum atomic E-state index is 12.4. The van der Waals surface area contributed by atoms with E-state index in [1.54, 1.807) is 34.9 Å². The molecule has 0 saturated carbocycles. The second kappa shape index (κ2) is 8.33. The van der Waals surface area contributed by atoms with E-state index in [2.05, 4.69) is 0 Å². The third-order valence-corrected chi connectivity index (χ3v) is 3.90. The Balaban J connectivity index is 1.83. The molecule has 130 valence electrons. The van der Waals surface area contributed by atoms with Gasteiger partial charge in [0.05, 0.1) is 18.6 Å². The van der Waals surface area contributed by atoms with Gasteiger partial charge in [0.15, 0.2) is 0 Å². The molecular formula is C17H22N2O5. The Morgan fingerprint density at radius 3 is 2.29 bits per heavy atom. The van der Waals surface area contributed by atoms with Gasteiger partial charge < -0.3 is 19.6 Å². The standard InChI is InChI=1S/C17H22N2O5/c1-2-24-16(22)8-7-15(21)18-9-11-19(12-10-18)17(23)13-5-3-4-6-14(13)20/h3-6,20H,2,7-12H2,1H3. The molecule has 1 aromatic rings. The third kappa shape index (κ3) is 4.47. The molecule has 7 heteroatoms. The summed E-state index contributed by atoms with van der Waals surface area (Å²) in [7, 11) is 0. The quantitative estimate of drug-likeness (QED) is 0.813. The molecule has 1 aromatic carbocycles. The number of hydrogen-bond donors (Lipinski definition) is 1. The molecule has 24 heavy (non-hydrogen) atoms. The zero-order valence-corrected chi connectivity index (χ0v) is 13.7. The summed E-state index contributed by atoms with van der Waals surface area (Å²) in [4.78, 5) is 39.0. The number of hydrogen-bond acceptors (Lipinski definition) is 5. The Morgan fingerprint density at radius 2 is 1.67 bits per heavy atom. The summed E-state index contributed by atoms with van der Waals surface area (Å²) in [5, 5.41) is 9.76. The molecule has 1 heterocycles. The molecular weight excluding hydrogens is 312 g/mol. The number of carbonyl (C=O) groups excluding carboxylic acids is 3. The number of piperazine rings is 1. The number of rotatable bonds is 5. The van der Waals surface area contributed by atoms with Crippen LogP contribution < -0.4 is 0 Å². The van der Waals surface area contributed by atoms with Crippen molar-refractivity contribution in [2.45, 2.75) is 19.8 Å². The topological polar surface area (TPSA) is 87.2 Å². The summed E-state index contributed by atoms with van der Waals surface area (Å²) >= 11 is 0. The van der Waals surface area contributed by atoms with E-state index in [9.17, 15) is 19.5 Å². The number of carbonyl (C=O) groups is 3. The van der Waals surface area contributed by atoms with E-state index < -0.39 is 0 Å². The minimum atomic E-state index is -0.376. The van der Waals surface area contributed by atoms with Crippen LogP contribution in [0.3, 0.4) is 0 Å². The van der Waals surface area contributed by atoms with Crippen LogP contribution >= 0.6 is 0 Å². The van der Waals surface area contributed by atoms with Crippen LogP contribution in [0.5, 0.6) is 5.75 Å². The van der Waals surface area contributed by atoms with E-state index in [0.717, 1.165) is 0 Å². The van der Waals surface area contributed by atoms with E-state index in [4.69, 9.17) is 4.74 Å². The first-order valence-corrected chi connectivity index (χ1v) is 8.03. The van der Waals surface area contributed by atoms with Crippen LogP contribution in [0.15, 0.2) is 24.3 Å². The number of benzene rings is 1. The fourth-order valence-electron chi connectivity index (χ4n) is 2.58. The number of aromatic hydroxyl groups is 1. The molecule has 1 fully saturated rings. The minimum absolute atomic E-state index is 0.0459. The van der Waals surface area contributed by atoms with E-state index in [-0.39, 0.29) is 41.9 Å². The minimum Gasteiger partial charge on any atom is -0.507 e. The lowest BCUT2D eigenvalue weighted by molar-refractivity contribution is -0.146. The molecule has 0 radical (unpaired) electrons. The van der Waals surface area contributed by atoms with Gasteiger partial charge in [-0.15, -0.1) is 0 Å². The lowest BCUT2D eigenvalue weighted by Crippen LogP contribution is -2.50. The molecule has 7 nitrogen and oxygen atoms in total. The molecule has 2 rings (SSSR count). The lowest BCUT2D eigenvalue weighted by Gasteiger charge is -2.35. The molecule has 1 aliphatic rings. The number of phenolic OH excluding ortho intramolecular Hbond substituents is 1. The molecule has 0 spiro atoms. The molecule has 0 unspecified atom stereocenters. The molecule has 0 atom stereocenters. The van der Waals surface area contributed by atoms with Crippen LogP contribution in [-0.4, -0.2) is 65.5 Å². The normalized spacial score (nSPS) is 14.4. The number of amides is 2. The largest absolute Gasteiger partial charge is 0.507 e. The molecule has 1 aliphatic heterocycles. The number of phenols is 1. The second-order valence-corrected chi connectivity index (χ2v) is 5.50. The summed E-state index contributed by atoms with van der Waals surface area (Å²) < 4.78 is 4.80. The van der Waals surface area contributed by atoms with Gasteiger partial charge in [-0.2, -0.15) is 0 Å². The molecule has 1 saturated heterocycles. The van der Waals surface area contributed by atoms with Gasteiger partial charge in [-0.25, -0.2) is 0 Å². The van der Waals surface area contributed by atoms with Crippen molar-refractivity contribution in [2.75, 3.05) is 32.8 Å². The molecule has 0 bridgehead atoms. The Bertz CT molecular complexity index is 609. The van der Waals surface area contributed by atoms with Gasteiger partial charge in [0.1, 0.15) is 5.75 Å². The fraction of sp³-hybridized carbons (Fsp3) is 0.471. The summed E-state index contributed by atoms with van der Waals surface area (Å²) in [5.41, 5.74) is 0.264. The highest BCUT2D eigenvalue weighted by atomic mass is 16.5. The van der Waals surface area contributed by atoms with Gasteiger partial charge in [0, 0.05) is 32.6 Å². The Hall–Kier alpha value is -2.57. The van der Waals surface area contributed by atoms with Crippen molar-refractivity contribution in [3.63, 3.8) is 0 Å². The average Bonchev–Trinajstić information content (AvgIpc) is 2.60. The van der Waals surface area contributed by atoms with E-state index in [1.165, 1.54) is 6.07 Å². The Kier molecular flexibility index (Phi) is 6.17. The Morgan fingerprint density at radius 1 is 1.04 bits per heavy atom. The van der Waals surface area contributed by atoms with Gasteiger partial charge in [-0.3, -0.25) is 14.4 Å². The van der Waals surface area contributed by atoms with Gasteiger partial charge >= 0.3 is 5.97 Å². The van der Waals surface area contributed by atoms with E-state index in [1.807, 2.05) is 0 Å². The monoisotopic (exact) mass is 334 g/mol. The first-order valence-electron chi connectivity index (χ1n) is 8.03. The zero-order chi connectivity index (χ0) is 17.5. The smallest absolute Gasteiger partial charge is 0.306 e. The number of ether oxygens (including phenoxy) is 1. The number of esters is 1. The number of para-hydroxylation sites is 1. The first kappa shape index (κ1) is 17.8. The predicted molar refractivity (Wildman–Crippen MR) is 86.5 cm³/mol. The first-order chi connectivity index (χ1) is 11.5. The van der Waals surface area contributed by atoms with Crippen LogP contribution in [-0.2, 0) is 14.3 Å². The SMILES string of the molecule is CCOC(=O)CCC(=O)N1CCN(C(=O)c2ccccc2O)CC1. The predicted octanol–water partition coefficient (Wildman–Crippen LogP) is 1.02. The summed E-state index contributed by atoms with van der Waals surface area (Å²) in [6.07, 6.45) is 0.190. The molecule has 0 aliphatic carbocycles. The van der Waals surface area contributed by atoms with Crippen LogP contribution in [0.2, 0.25) is 0 Å². The summed E-state index contributed by atoms with van der Waals surface area (Å²) in [6.45, 7) is 3.67. The fourth-order valence-corrected chi connectivity index (χ4v) is 2.58. The van der Waals surface area contributed by atoms with Crippen LogP contribution in [0, 0.1) is 0 Å². The summed E-state index contributed by atoms with van der Waals surface area (Å²) in [6, 6.07) is 6.41. The molecule has 0 aromatic heterocycles. The van der Waals surface area contributed by atoms with Crippen molar-refractivity contribution in [1.29, 1.82) is 0 Å². The van der Waals surface area contributed by atoms with Gasteiger partial charge in [0.2, 0.25) is 5.91 Å². The van der Waals surface area contributed by atoms with Crippen molar-refractivity contribution in [3.05, 3.63) is 29.8 Å². The van der Waals surface area contributed by atoms with Crippen molar-refractivity contribution >= 4 is 17.8 Å². The maximum Gasteiger partial charge on any atom is 0.306 e. The van der Waals surface area contributed by atoms with Gasteiger partial charge in [-0.05, 0) is 19.1 Å². The van der Waals surface area contributed by atoms with Crippen molar-refractivity contribution in [3.8, 4) is 5.75 Å².